The van der Waals surface area contributed by atoms with Crippen LogP contribution >= 0.6 is 12.4 Å². The first kappa shape index (κ1) is 24.1. The van der Waals surface area contributed by atoms with E-state index in [-0.39, 0.29) is 18.3 Å². The van der Waals surface area contributed by atoms with Crippen molar-refractivity contribution in [2.24, 2.45) is 16.7 Å². The van der Waals surface area contributed by atoms with Gasteiger partial charge >= 0.3 is 0 Å². The van der Waals surface area contributed by atoms with Crippen LogP contribution in [0.25, 0.3) is 0 Å². The molecule has 0 aromatic heterocycles. The Morgan fingerprint density at radius 3 is 2.00 bits per heavy atom. The van der Waals surface area contributed by atoms with E-state index in [1.165, 1.54) is 11.2 Å². The molecule has 0 fully saturated rings. The summed E-state index contributed by atoms with van der Waals surface area (Å²) in [6.45, 7) is 0.701. The SMILES string of the molecule is CNCCC[C@@H](C(N)=O)N(C=NN)C(=O)C(c1ccccc1)c1ccccc1.Cl. The van der Waals surface area contributed by atoms with E-state index in [0.29, 0.717) is 19.4 Å². The van der Waals surface area contributed by atoms with Gasteiger partial charge in [0.15, 0.2) is 0 Å². The molecule has 0 radical (unpaired) electrons. The maximum atomic E-state index is 13.6. The molecule has 0 aliphatic rings. The minimum absolute atomic E-state index is 0. The summed E-state index contributed by atoms with van der Waals surface area (Å²) in [5.41, 5.74) is 7.23. The Morgan fingerprint density at radius 1 is 1.07 bits per heavy atom. The van der Waals surface area contributed by atoms with E-state index >= 15 is 0 Å². The molecule has 2 aromatic rings. The molecule has 0 aliphatic carbocycles. The summed E-state index contributed by atoms with van der Waals surface area (Å²) in [6.07, 6.45) is 2.27. The van der Waals surface area contributed by atoms with Crippen LogP contribution in [0.2, 0.25) is 0 Å². The summed E-state index contributed by atoms with van der Waals surface area (Å²) >= 11 is 0. The summed E-state index contributed by atoms with van der Waals surface area (Å²) < 4.78 is 0. The molecule has 156 valence electrons. The van der Waals surface area contributed by atoms with Crippen LogP contribution in [0.4, 0.5) is 0 Å². The quantitative estimate of drug-likeness (QED) is 0.180. The van der Waals surface area contributed by atoms with Crippen molar-refractivity contribution in [1.82, 2.24) is 10.2 Å². The zero-order valence-corrected chi connectivity index (χ0v) is 17.2. The fourth-order valence-corrected chi connectivity index (χ4v) is 3.17. The number of carbonyl (C=O) groups excluding carboxylic acids is 2. The monoisotopic (exact) mass is 417 g/mol. The third-order valence-corrected chi connectivity index (χ3v) is 4.53. The summed E-state index contributed by atoms with van der Waals surface area (Å²) in [5, 5.41) is 6.54. The van der Waals surface area contributed by atoms with Gasteiger partial charge in [0.2, 0.25) is 11.8 Å². The summed E-state index contributed by atoms with van der Waals surface area (Å²) in [6, 6.07) is 18.0. The maximum absolute atomic E-state index is 13.6. The van der Waals surface area contributed by atoms with E-state index in [4.69, 9.17) is 11.6 Å². The lowest BCUT2D eigenvalue weighted by atomic mass is 9.89. The van der Waals surface area contributed by atoms with E-state index < -0.39 is 17.9 Å². The molecule has 0 bridgehead atoms. The third-order valence-electron chi connectivity index (χ3n) is 4.53. The van der Waals surface area contributed by atoms with Crippen molar-refractivity contribution in [3.05, 3.63) is 71.8 Å². The van der Waals surface area contributed by atoms with E-state index in [2.05, 4.69) is 10.4 Å². The standard InChI is InChI=1S/C21H27N5O2.ClH/c1-24-14-8-13-18(20(22)27)26(15-25-23)21(28)19(16-9-4-2-5-10-16)17-11-6-3-7-12-17;/h2-7,9-12,15,18-19,24H,8,13-14,23H2,1H3,(H2,22,27);1H/t18-;/m0./s1. The number of hydrazone groups is 1. The Hall–Kier alpha value is -2.90. The van der Waals surface area contributed by atoms with E-state index in [1.807, 2.05) is 67.7 Å². The van der Waals surface area contributed by atoms with Gasteiger partial charge in [0.05, 0.1) is 5.92 Å². The van der Waals surface area contributed by atoms with Gasteiger partial charge in [0.25, 0.3) is 0 Å². The van der Waals surface area contributed by atoms with Gasteiger partial charge in [-0.3, -0.25) is 14.5 Å². The van der Waals surface area contributed by atoms with Crippen LogP contribution in [0.15, 0.2) is 65.8 Å². The van der Waals surface area contributed by atoms with Crippen molar-refractivity contribution in [2.45, 2.75) is 24.8 Å². The summed E-state index contributed by atoms with van der Waals surface area (Å²) in [7, 11) is 1.82. The molecule has 0 heterocycles. The number of hydrogen-bond acceptors (Lipinski definition) is 5. The van der Waals surface area contributed by atoms with Gasteiger partial charge in [-0.15, -0.1) is 12.4 Å². The number of halogens is 1. The van der Waals surface area contributed by atoms with Crippen LogP contribution in [0, 0.1) is 0 Å². The van der Waals surface area contributed by atoms with Crippen LogP contribution in [-0.4, -0.2) is 42.7 Å². The zero-order valence-electron chi connectivity index (χ0n) is 16.4. The molecule has 8 heteroatoms. The smallest absolute Gasteiger partial charge is 0.240 e. The molecule has 1 atom stereocenters. The highest BCUT2D eigenvalue weighted by Gasteiger charge is 2.33. The summed E-state index contributed by atoms with van der Waals surface area (Å²) in [5.74, 6) is 3.84. The van der Waals surface area contributed by atoms with Crippen LogP contribution < -0.4 is 16.9 Å². The fraction of sp³-hybridized carbons (Fsp3) is 0.286. The number of benzene rings is 2. The first-order chi connectivity index (χ1) is 13.6. The topological polar surface area (TPSA) is 114 Å². The maximum Gasteiger partial charge on any atom is 0.240 e. The Labute approximate surface area is 177 Å². The van der Waals surface area contributed by atoms with Gasteiger partial charge in [0, 0.05) is 0 Å². The van der Waals surface area contributed by atoms with Crippen LogP contribution in [0.1, 0.15) is 29.9 Å². The van der Waals surface area contributed by atoms with E-state index in [9.17, 15) is 9.59 Å². The highest BCUT2D eigenvalue weighted by Crippen LogP contribution is 2.27. The third kappa shape index (κ3) is 6.58. The van der Waals surface area contributed by atoms with Gasteiger partial charge in [-0.05, 0) is 37.6 Å². The van der Waals surface area contributed by atoms with Gasteiger partial charge in [0.1, 0.15) is 12.4 Å². The van der Waals surface area contributed by atoms with E-state index in [1.54, 1.807) is 0 Å². The van der Waals surface area contributed by atoms with Crippen molar-refractivity contribution < 1.29 is 9.59 Å². The molecule has 0 saturated carbocycles. The number of nitrogens with two attached hydrogens (primary N) is 2. The average Bonchev–Trinajstić information content (AvgIpc) is 2.71. The van der Waals surface area contributed by atoms with Crippen molar-refractivity contribution in [1.29, 1.82) is 0 Å². The molecule has 0 aliphatic heterocycles. The highest BCUT2D eigenvalue weighted by molar-refractivity contribution is 5.99. The molecular formula is C21H28ClN5O2. The molecule has 2 rings (SSSR count). The first-order valence-electron chi connectivity index (χ1n) is 9.19. The number of hydrogen-bond donors (Lipinski definition) is 3. The lowest BCUT2D eigenvalue weighted by molar-refractivity contribution is -0.135. The van der Waals surface area contributed by atoms with Crippen LogP contribution in [-0.2, 0) is 9.59 Å². The summed E-state index contributed by atoms with van der Waals surface area (Å²) in [4.78, 5) is 27.0. The van der Waals surface area contributed by atoms with Crippen molar-refractivity contribution in [3.8, 4) is 0 Å². The van der Waals surface area contributed by atoms with Gasteiger partial charge in [-0.2, -0.15) is 5.10 Å². The molecule has 29 heavy (non-hydrogen) atoms. The lowest BCUT2D eigenvalue weighted by Crippen LogP contribution is -2.49. The second-order valence-electron chi connectivity index (χ2n) is 6.43. The lowest BCUT2D eigenvalue weighted by Gasteiger charge is -2.29. The van der Waals surface area contributed by atoms with Gasteiger partial charge in [-0.25, -0.2) is 0 Å². The number of nitrogens with zero attached hydrogens (tertiary/aromatic N) is 2. The Morgan fingerprint density at radius 2 is 1.59 bits per heavy atom. The number of amides is 2. The second-order valence-corrected chi connectivity index (χ2v) is 6.43. The highest BCUT2D eigenvalue weighted by atomic mass is 35.5. The molecule has 0 saturated heterocycles. The number of nitrogens with one attached hydrogen (secondary N) is 1. The largest absolute Gasteiger partial charge is 0.368 e. The molecular weight excluding hydrogens is 390 g/mol. The molecule has 2 amide bonds. The Balaban J connectivity index is 0.00000420. The fourth-order valence-electron chi connectivity index (χ4n) is 3.17. The van der Waals surface area contributed by atoms with Gasteiger partial charge in [-0.1, -0.05) is 60.7 Å². The first-order valence-corrected chi connectivity index (χ1v) is 9.19. The number of primary amides is 1. The predicted molar refractivity (Wildman–Crippen MR) is 118 cm³/mol. The molecule has 5 N–H and O–H groups in total. The molecule has 2 aromatic carbocycles. The van der Waals surface area contributed by atoms with Crippen molar-refractivity contribution >= 4 is 30.6 Å². The Kier molecular flexibility index (Phi) is 10.4. The van der Waals surface area contributed by atoms with E-state index in [0.717, 1.165) is 11.1 Å². The van der Waals surface area contributed by atoms with Crippen LogP contribution in [0.3, 0.4) is 0 Å². The molecule has 0 spiro atoms. The minimum Gasteiger partial charge on any atom is -0.368 e. The number of rotatable bonds is 10. The second kappa shape index (κ2) is 12.5. The van der Waals surface area contributed by atoms with Crippen molar-refractivity contribution in [3.63, 3.8) is 0 Å². The normalized spacial score (nSPS) is 11.8. The number of carbonyl (C=O) groups is 2. The predicted octanol–water partition coefficient (Wildman–Crippen LogP) is 1.82. The van der Waals surface area contributed by atoms with Crippen molar-refractivity contribution in [2.75, 3.05) is 13.6 Å². The molecule has 7 nitrogen and oxygen atoms in total. The molecule has 0 unspecified atom stereocenters. The zero-order chi connectivity index (χ0) is 20.4. The van der Waals surface area contributed by atoms with Crippen LogP contribution in [0.5, 0.6) is 0 Å². The van der Waals surface area contributed by atoms with Gasteiger partial charge < -0.3 is 16.9 Å². The average molecular weight is 418 g/mol. The minimum atomic E-state index is -0.830. The Bertz CT molecular complexity index is 747.